The average molecular weight is 523 g/mol. The van der Waals surface area contributed by atoms with Gasteiger partial charge in [0.2, 0.25) is 0 Å². The summed E-state index contributed by atoms with van der Waals surface area (Å²) in [6.07, 6.45) is 17.7. The zero-order valence-electron chi connectivity index (χ0n) is 17.2. The maximum absolute atomic E-state index is 11.9. The first kappa shape index (κ1) is 27.7. The van der Waals surface area contributed by atoms with Crippen LogP contribution in [0, 0.1) is 70.6 Å². The van der Waals surface area contributed by atoms with E-state index in [1.54, 1.807) is 6.07 Å². The smallest absolute Gasteiger partial charge is 0.0312 e. The van der Waals surface area contributed by atoms with Crippen molar-refractivity contribution in [2.24, 2.45) is 10.2 Å². The molecule has 1 aromatic carbocycles. The van der Waals surface area contributed by atoms with Gasteiger partial charge in [0.25, 0.3) is 0 Å². The molecule has 0 N–H and O–H groups in total. The van der Waals surface area contributed by atoms with Crippen molar-refractivity contribution >= 4 is 31.4 Å². The Morgan fingerprint density at radius 2 is 1.29 bits per heavy atom. The van der Waals surface area contributed by atoms with E-state index in [0.717, 1.165) is 17.2 Å². The van der Waals surface area contributed by atoms with E-state index < -0.39 is 19.8 Å². The summed E-state index contributed by atoms with van der Waals surface area (Å²) in [7, 11) is 0. The second-order valence-corrected chi connectivity index (χ2v) is 15.1. The Hall–Kier alpha value is -0.322. The summed E-state index contributed by atoms with van der Waals surface area (Å²) in [6, 6.07) is 7.36. The molecule has 0 atom stereocenters. The fourth-order valence-corrected chi connectivity index (χ4v) is 1.98. The second kappa shape index (κ2) is 16.5. The summed E-state index contributed by atoms with van der Waals surface area (Å²) in [6.45, 7) is 3.72. The molecule has 2 fully saturated rings. The van der Waals surface area contributed by atoms with Crippen molar-refractivity contribution in [2.75, 3.05) is 0 Å². The molecule has 2 saturated carbocycles. The SMILES string of the molecule is C/C(=N/N=C(\[O-])c1ccccc1C)[C]1[CH][CH][CH][CH]1.[CH3][Sn+]([CH3])[CH3].[CH]1[CH][CH][CH][CH]1.[Fe+2]. The van der Waals surface area contributed by atoms with Crippen LogP contribution in [0.4, 0.5) is 0 Å². The molecule has 28 heavy (non-hydrogen) atoms. The molecule has 146 valence electrons. The van der Waals surface area contributed by atoms with Crippen LogP contribution in [-0.2, 0) is 17.1 Å². The molecule has 3 nitrogen and oxygen atoms in total. The van der Waals surface area contributed by atoms with Crippen LogP contribution in [-0.4, -0.2) is 31.4 Å². The molecule has 0 aromatic heterocycles. The maximum Gasteiger partial charge on any atom is 2.00 e. The molecular formula is C23H28FeN2OSn+2. The number of hydrogen-bond acceptors (Lipinski definition) is 3. The molecule has 0 unspecified atom stereocenters. The van der Waals surface area contributed by atoms with Crippen LogP contribution in [0.1, 0.15) is 18.1 Å². The third kappa shape index (κ3) is 12.3. The molecule has 0 aliphatic heterocycles. The van der Waals surface area contributed by atoms with Gasteiger partial charge in [-0.15, -0.1) is 0 Å². The van der Waals surface area contributed by atoms with Crippen LogP contribution in [0.2, 0.25) is 14.8 Å². The van der Waals surface area contributed by atoms with E-state index >= 15 is 0 Å². The minimum absolute atomic E-state index is 0. The summed E-state index contributed by atoms with van der Waals surface area (Å²) < 4.78 is 0. The largest absolute Gasteiger partial charge is 2.00 e. The number of rotatable bonds is 3. The molecule has 0 amide bonds. The van der Waals surface area contributed by atoms with Crippen molar-refractivity contribution in [1.29, 1.82) is 0 Å². The summed E-state index contributed by atoms with van der Waals surface area (Å²) in [5, 5.41) is 19.6. The fraction of sp³-hybridized carbons (Fsp3) is 0.217. The Bertz CT molecular complexity index is 582. The van der Waals surface area contributed by atoms with Crippen molar-refractivity contribution in [3.63, 3.8) is 0 Å². The van der Waals surface area contributed by atoms with Crippen molar-refractivity contribution in [1.82, 2.24) is 0 Å². The predicted molar refractivity (Wildman–Crippen MR) is 116 cm³/mol. The Balaban J connectivity index is 0.000000605. The summed E-state index contributed by atoms with van der Waals surface area (Å²) in [5.41, 5.74) is 2.24. The van der Waals surface area contributed by atoms with Crippen molar-refractivity contribution in [2.45, 2.75) is 28.7 Å². The predicted octanol–water partition coefficient (Wildman–Crippen LogP) is 4.27. The molecule has 0 spiro atoms. The van der Waals surface area contributed by atoms with Crippen LogP contribution >= 0.6 is 0 Å². The van der Waals surface area contributed by atoms with Crippen molar-refractivity contribution in [3.8, 4) is 0 Å². The molecule has 1 aromatic rings. The zero-order valence-corrected chi connectivity index (χ0v) is 21.1. The topological polar surface area (TPSA) is 47.8 Å². The summed E-state index contributed by atoms with van der Waals surface area (Å²) >= 11 is -0.543. The second-order valence-electron chi connectivity index (χ2n) is 6.54. The average Bonchev–Trinajstić information content (AvgIpc) is 3.35. The molecule has 10 radical (unpaired) electrons. The molecule has 5 heteroatoms. The Morgan fingerprint density at radius 1 is 0.821 bits per heavy atom. The molecule has 2 aliphatic carbocycles. The molecular weight excluding hydrogens is 495 g/mol. The van der Waals surface area contributed by atoms with Gasteiger partial charge in [-0.05, 0) is 82.8 Å². The minimum atomic E-state index is -0.543. The normalized spacial score (nSPS) is 17.0. The first-order valence-corrected chi connectivity index (χ1v) is 17.5. The zero-order chi connectivity index (χ0) is 20.1. The maximum atomic E-state index is 11.9. The van der Waals surface area contributed by atoms with E-state index in [2.05, 4.69) is 25.0 Å². The quantitative estimate of drug-likeness (QED) is 0.253. The number of benzene rings is 1. The number of hydrogen-bond donors (Lipinski definition) is 0. The van der Waals surface area contributed by atoms with Gasteiger partial charge < -0.3 is 5.11 Å². The Morgan fingerprint density at radius 3 is 1.75 bits per heavy atom. The monoisotopic (exact) mass is 524 g/mol. The van der Waals surface area contributed by atoms with Gasteiger partial charge in [0.1, 0.15) is 0 Å². The van der Waals surface area contributed by atoms with E-state index in [0.29, 0.717) is 5.56 Å². The Labute approximate surface area is 190 Å². The van der Waals surface area contributed by atoms with Crippen LogP contribution in [0.5, 0.6) is 0 Å². The van der Waals surface area contributed by atoms with Gasteiger partial charge in [-0.1, -0.05) is 24.3 Å². The van der Waals surface area contributed by atoms with Gasteiger partial charge in [0.15, 0.2) is 0 Å². The summed E-state index contributed by atoms with van der Waals surface area (Å²) in [5.74, 6) is 0.676. The molecule has 0 heterocycles. The van der Waals surface area contributed by atoms with E-state index in [4.69, 9.17) is 0 Å². The van der Waals surface area contributed by atoms with Crippen LogP contribution in [0.15, 0.2) is 34.5 Å². The van der Waals surface area contributed by atoms with E-state index in [-0.39, 0.29) is 23.0 Å². The van der Waals surface area contributed by atoms with E-state index in [1.807, 2.05) is 89.8 Å². The fourth-order valence-electron chi connectivity index (χ4n) is 1.98. The molecule has 0 saturated heterocycles. The van der Waals surface area contributed by atoms with Gasteiger partial charge in [0, 0.05) is 17.5 Å². The van der Waals surface area contributed by atoms with Gasteiger partial charge in [-0.2, -0.15) is 10.2 Å². The van der Waals surface area contributed by atoms with E-state index in [9.17, 15) is 5.11 Å². The van der Waals surface area contributed by atoms with Crippen LogP contribution < -0.4 is 5.11 Å². The Kier molecular flexibility index (Phi) is 16.3. The van der Waals surface area contributed by atoms with Gasteiger partial charge >= 0.3 is 51.6 Å². The van der Waals surface area contributed by atoms with Gasteiger partial charge in [0.05, 0.1) is 0 Å². The summed E-state index contributed by atoms with van der Waals surface area (Å²) in [4.78, 5) is 7.09. The first-order valence-electron chi connectivity index (χ1n) is 8.92. The van der Waals surface area contributed by atoms with E-state index in [1.165, 1.54) is 0 Å². The van der Waals surface area contributed by atoms with Gasteiger partial charge in [-0.25, -0.2) is 0 Å². The van der Waals surface area contributed by atoms with Crippen LogP contribution in [0.25, 0.3) is 0 Å². The van der Waals surface area contributed by atoms with Gasteiger partial charge in [-0.3, -0.25) is 0 Å². The third-order valence-electron chi connectivity index (χ3n) is 3.30. The molecule has 3 rings (SSSR count). The van der Waals surface area contributed by atoms with Crippen molar-refractivity contribution in [3.05, 3.63) is 99.1 Å². The first-order chi connectivity index (χ1) is 12.9. The standard InChI is InChI=1S/C15H15N2O.C5H5.3CH3.Fe.Sn/c1-11-7-3-6-10-14(11)15(18)17-16-12(2)13-8-4-5-9-13;1-2-4-5-3-1;;;;;/h3-10H,1-2H3,(H,17,18);1-5H;3*1H3;;/q;;;;;+2;+1/p-1/b16-12-;;;;;;. The molecule has 2 aliphatic rings. The van der Waals surface area contributed by atoms with Crippen LogP contribution in [0.3, 0.4) is 0 Å². The molecule has 0 bridgehead atoms. The minimum Gasteiger partial charge on any atom is -0.0312 e. The third-order valence-corrected chi connectivity index (χ3v) is 3.30. The van der Waals surface area contributed by atoms with Crippen molar-refractivity contribution < 1.29 is 22.2 Å². The number of nitrogens with zero attached hydrogens (tertiary/aromatic N) is 2. The number of aryl methyl sites for hydroxylation is 1.